The average molecular weight is 244 g/mol. The first-order valence-corrected chi connectivity index (χ1v) is 6.16. The van der Waals surface area contributed by atoms with Crippen molar-refractivity contribution in [3.63, 3.8) is 0 Å². The quantitative estimate of drug-likeness (QED) is 0.665. The van der Waals surface area contributed by atoms with Crippen LogP contribution in [-0.2, 0) is 9.59 Å². The summed E-state index contributed by atoms with van der Waals surface area (Å²) in [5.74, 6) is -1.21. The first kappa shape index (κ1) is 15.9. The fraction of sp³-hybridized carbons (Fsp3) is 0.833. The number of nitrogens with two attached hydrogens (primary N) is 1. The molecule has 2 unspecified atom stereocenters. The van der Waals surface area contributed by atoms with Crippen LogP contribution >= 0.6 is 0 Å². The zero-order valence-electron chi connectivity index (χ0n) is 11.0. The molecule has 0 saturated heterocycles. The van der Waals surface area contributed by atoms with E-state index in [9.17, 15) is 9.59 Å². The molecular formula is C12H24N2O3. The second-order valence-corrected chi connectivity index (χ2v) is 4.39. The molecule has 0 aliphatic heterocycles. The Bertz CT molecular complexity index is 252. The summed E-state index contributed by atoms with van der Waals surface area (Å²) in [5.41, 5.74) is 5.56. The largest absolute Gasteiger partial charge is 0.481 e. The third kappa shape index (κ3) is 5.68. The van der Waals surface area contributed by atoms with Crippen molar-refractivity contribution in [2.24, 2.45) is 17.6 Å². The maximum atomic E-state index is 11.9. The van der Waals surface area contributed by atoms with E-state index >= 15 is 0 Å². The third-order valence-corrected chi connectivity index (χ3v) is 3.02. The molecule has 0 fully saturated rings. The second-order valence-electron chi connectivity index (χ2n) is 4.39. The SMILES string of the molecule is CCC(CN)CC(=O)N(CC)CC(C)C(=O)O. The van der Waals surface area contributed by atoms with E-state index < -0.39 is 11.9 Å². The standard InChI is InChI=1S/C12H24N2O3/c1-4-10(7-13)6-11(15)14(5-2)8-9(3)12(16)17/h9-10H,4-8,13H2,1-3H3,(H,16,17). The van der Waals surface area contributed by atoms with E-state index in [1.54, 1.807) is 11.8 Å². The number of rotatable bonds is 8. The van der Waals surface area contributed by atoms with Crippen LogP contribution in [0.25, 0.3) is 0 Å². The number of amides is 1. The lowest BCUT2D eigenvalue weighted by atomic mass is 10.0. The number of aliphatic carboxylic acids is 1. The summed E-state index contributed by atoms with van der Waals surface area (Å²) in [7, 11) is 0. The van der Waals surface area contributed by atoms with Crippen LogP contribution < -0.4 is 5.73 Å². The number of carboxylic acids is 1. The summed E-state index contributed by atoms with van der Waals surface area (Å²) < 4.78 is 0. The predicted molar refractivity (Wildman–Crippen MR) is 66.5 cm³/mol. The van der Waals surface area contributed by atoms with Crippen LogP contribution in [0.3, 0.4) is 0 Å². The van der Waals surface area contributed by atoms with Crippen molar-refractivity contribution in [2.75, 3.05) is 19.6 Å². The van der Waals surface area contributed by atoms with Gasteiger partial charge in [-0.1, -0.05) is 20.3 Å². The van der Waals surface area contributed by atoms with Gasteiger partial charge in [0.2, 0.25) is 5.91 Å². The molecule has 0 aromatic heterocycles. The Balaban J connectivity index is 4.35. The van der Waals surface area contributed by atoms with Gasteiger partial charge in [0.05, 0.1) is 5.92 Å². The van der Waals surface area contributed by atoms with Gasteiger partial charge in [0.15, 0.2) is 0 Å². The summed E-state index contributed by atoms with van der Waals surface area (Å²) in [5, 5.41) is 8.82. The maximum absolute atomic E-state index is 11.9. The van der Waals surface area contributed by atoms with Crippen LogP contribution in [-0.4, -0.2) is 41.5 Å². The molecule has 0 radical (unpaired) electrons. The van der Waals surface area contributed by atoms with E-state index in [2.05, 4.69) is 0 Å². The molecule has 5 nitrogen and oxygen atoms in total. The van der Waals surface area contributed by atoms with Crippen LogP contribution in [0.4, 0.5) is 0 Å². The molecule has 5 heteroatoms. The van der Waals surface area contributed by atoms with Gasteiger partial charge in [0, 0.05) is 19.5 Å². The molecule has 0 aromatic carbocycles. The van der Waals surface area contributed by atoms with Crippen LogP contribution in [0.5, 0.6) is 0 Å². The smallest absolute Gasteiger partial charge is 0.308 e. The zero-order chi connectivity index (χ0) is 13.4. The minimum atomic E-state index is -0.873. The second kappa shape index (κ2) is 8.06. The van der Waals surface area contributed by atoms with Crippen LogP contribution in [0, 0.1) is 11.8 Å². The number of carboxylic acid groups (broad SMARTS) is 1. The lowest BCUT2D eigenvalue weighted by Crippen LogP contribution is -2.38. The summed E-state index contributed by atoms with van der Waals surface area (Å²) >= 11 is 0. The summed E-state index contributed by atoms with van der Waals surface area (Å²) in [6.45, 7) is 6.77. The molecule has 0 aromatic rings. The van der Waals surface area contributed by atoms with Crippen molar-refractivity contribution < 1.29 is 14.7 Å². The third-order valence-electron chi connectivity index (χ3n) is 3.02. The molecule has 0 aliphatic rings. The Morgan fingerprint density at radius 1 is 1.35 bits per heavy atom. The van der Waals surface area contributed by atoms with Crippen molar-refractivity contribution in [2.45, 2.75) is 33.6 Å². The van der Waals surface area contributed by atoms with Gasteiger partial charge < -0.3 is 15.7 Å². The monoisotopic (exact) mass is 244 g/mol. The summed E-state index contributed by atoms with van der Waals surface area (Å²) in [4.78, 5) is 24.3. The number of nitrogens with zero attached hydrogens (tertiary/aromatic N) is 1. The highest BCUT2D eigenvalue weighted by molar-refractivity contribution is 5.77. The van der Waals surface area contributed by atoms with Crippen LogP contribution in [0.2, 0.25) is 0 Å². The highest BCUT2D eigenvalue weighted by Crippen LogP contribution is 2.10. The van der Waals surface area contributed by atoms with Crippen molar-refractivity contribution >= 4 is 11.9 Å². The van der Waals surface area contributed by atoms with E-state index in [1.807, 2.05) is 13.8 Å². The normalized spacial score (nSPS) is 14.1. The van der Waals surface area contributed by atoms with Crippen molar-refractivity contribution in [1.29, 1.82) is 0 Å². The van der Waals surface area contributed by atoms with Crippen molar-refractivity contribution in [1.82, 2.24) is 4.90 Å². The molecule has 0 rings (SSSR count). The van der Waals surface area contributed by atoms with Crippen LogP contribution in [0.15, 0.2) is 0 Å². The lowest BCUT2D eigenvalue weighted by Gasteiger charge is -2.24. The number of carbonyl (C=O) groups excluding carboxylic acids is 1. The van der Waals surface area contributed by atoms with Gasteiger partial charge in [0.25, 0.3) is 0 Å². The molecular weight excluding hydrogens is 220 g/mol. The first-order valence-electron chi connectivity index (χ1n) is 6.16. The molecule has 2 atom stereocenters. The highest BCUT2D eigenvalue weighted by atomic mass is 16.4. The molecule has 0 saturated carbocycles. The van der Waals surface area contributed by atoms with Crippen LogP contribution in [0.1, 0.15) is 33.6 Å². The Morgan fingerprint density at radius 2 is 1.94 bits per heavy atom. The lowest BCUT2D eigenvalue weighted by molar-refractivity contribution is -0.143. The Hall–Kier alpha value is -1.10. The molecule has 1 amide bonds. The van der Waals surface area contributed by atoms with Gasteiger partial charge in [-0.15, -0.1) is 0 Å². The fourth-order valence-corrected chi connectivity index (χ4v) is 1.59. The van der Waals surface area contributed by atoms with Gasteiger partial charge in [-0.05, 0) is 19.4 Å². The van der Waals surface area contributed by atoms with E-state index in [4.69, 9.17) is 10.8 Å². The molecule has 0 spiro atoms. The average Bonchev–Trinajstić information content (AvgIpc) is 2.31. The summed E-state index contributed by atoms with van der Waals surface area (Å²) in [6, 6.07) is 0. The van der Waals surface area contributed by atoms with Gasteiger partial charge in [-0.2, -0.15) is 0 Å². The maximum Gasteiger partial charge on any atom is 0.308 e. The van der Waals surface area contributed by atoms with Gasteiger partial charge >= 0.3 is 5.97 Å². The minimum absolute atomic E-state index is 0.00194. The number of hydrogen-bond donors (Lipinski definition) is 2. The van der Waals surface area contributed by atoms with Gasteiger partial charge in [0.1, 0.15) is 0 Å². The fourth-order valence-electron chi connectivity index (χ4n) is 1.59. The Kier molecular flexibility index (Phi) is 7.54. The van der Waals surface area contributed by atoms with Gasteiger partial charge in [-0.25, -0.2) is 0 Å². The molecule has 0 bridgehead atoms. The summed E-state index contributed by atoms with van der Waals surface area (Å²) in [6.07, 6.45) is 1.28. The molecule has 0 aliphatic carbocycles. The molecule has 100 valence electrons. The Labute approximate surface area is 103 Å². The van der Waals surface area contributed by atoms with E-state index in [0.29, 0.717) is 19.5 Å². The Morgan fingerprint density at radius 3 is 2.29 bits per heavy atom. The minimum Gasteiger partial charge on any atom is -0.481 e. The molecule has 17 heavy (non-hydrogen) atoms. The van der Waals surface area contributed by atoms with E-state index in [0.717, 1.165) is 6.42 Å². The first-order chi connectivity index (χ1) is 7.96. The number of carbonyl (C=O) groups is 2. The zero-order valence-corrected chi connectivity index (χ0v) is 11.0. The van der Waals surface area contributed by atoms with Crippen molar-refractivity contribution in [3.8, 4) is 0 Å². The molecule has 3 N–H and O–H groups in total. The van der Waals surface area contributed by atoms with Crippen molar-refractivity contribution in [3.05, 3.63) is 0 Å². The van der Waals surface area contributed by atoms with E-state index in [1.165, 1.54) is 0 Å². The van der Waals surface area contributed by atoms with E-state index in [-0.39, 0.29) is 18.4 Å². The molecule has 0 heterocycles. The topological polar surface area (TPSA) is 83.6 Å². The van der Waals surface area contributed by atoms with Gasteiger partial charge in [-0.3, -0.25) is 9.59 Å². The number of hydrogen-bond acceptors (Lipinski definition) is 3. The highest BCUT2D eigenvalue weighted by Gasteiger charge is 2.20. The predicted octanol–water partition coefficient (Wildman–Crippen LogP) is 0.931.